The number of aliphatic carboxylic acids is 1. The Morgan fingerprint density at radius 3 is 2.14 bits per heavy atom. The number of nitrogens with one attached hydrogen (secondary N) is 3. The first-order valence-corrected chi connectivity index (χ1v) is 12.6. The van der Waals surface area contributed by atoms with E-state index in [1.807, 2.05) is 6.26 Å². The fraction of sp³-hybridized carbons (Fsp3) is 0.500. The number of aliphatic imine (C=N–C) groups is 1. The number of rotatable bonds is 16. The number of thioether (sulfide) groups is 1. The summed E-state index contributed by atoms with van der Waals surface area (Å²) < 4.78 is 0. The Hall–Kier alpha value is -3.52. The molecule has 0 aliphatic carbocycles. The fourth-order valence-corrected chi connectivity index (χ4v) is 3.61. The summed E-state index contributed by atoms with van der Waals surface area (Å²) in [5, 5.41) is 26.7. The zero-order chi connectivity index (χ0) is 27.1. The molecule has 0 saturated heterocycles. The number of hydrogen-bond donors (Lipinski definition) is 8. The van der Waals surface area contributed by atoms with Crippen LogP contribution in [0.5, 0.6) is 5.75 Å². The minimum atomic E-state index is -1.25. The Bertz CT molecular complexity index is 909. The molecule has 13 nitrogen and oxygen atoms in total. The van der Waals surface area contributed by atoms with Gasteiger partial charge in [0.15, 0.2) is 5.96 Å². The Kier molecular flexibility index (Phi) is 13.7. The number of phenolic OH excluding ortho intramolecular Hbond substituents is 1. The maximum atomic E-state index is 13.1. The number of aromatic hydroxyl groups is 1. The number of hydrogen-bond acceptors (Lipinski definition) is 8. The van der Waals surface area contributed by atoms with Crippen molar-refractivity contribution in [3.8, 4) is 5.75 Å². The van der Waals surface area contributed by atoms with Crippen molar-refractivity contribution in [1.82, 2.24) is 16.0 Å². The molecule has 3 unspecified atom stereocenters. The van der Waals surface area contributed by atoms with E-state index in [-0.39, 0.29) is 37.6 Å². The van der Waals surface area contributed by atoms with E-state index in [0.717, 1.165) is 0 Å². The second-order valence-electron chi connectivity index (χ2n) is 7.89. The summed E-state index contributed by atoms with van der Waals surface area (Å²) in [7, 11) is 0. The number of carboxylic acids is 1. The van der Waals surface area contributed by atoms with Crippen LogP contribution in [0.15, 0.2) is 29.3 Å². The Labute approximate surface area is 213 Å². The van der Waals surface area contributed by atoms with E-state index in [2.05, 4.69) is 20.9 Å². The summed E-state index contributed by atoms with van der Waals surface area (Å²) in [4.78, 5) is 53.4. The van der Waals surface area contributed by atoms with Gasteiger partial charge in [-0.2, -0.15) is 11.8 Å². The molecule has 3 amide bonds. The molecule has 0 radical (unpaired) electrons. The number of carbonyl (C=O) groups is 4. The first kappa shape index (κ1) is 30.5. The van der Waals surface area contributed by atoms with E-state index in [0.29, 0.717) is 24.2 Å². The largest absolute Gasteiger partial charge is 0.508 e. The molecule has 0 saturated carbocycles. The van der Waals surface area contributed by atoms with Crippen molar-refractivity contribution in [1.29, 1.82) is 0 Å². The number of guanidine groups is 1. The molecule has 11 N–H and O–H groups in total. The average molecular weight is 526 g/mol. The molecule has 0 aromatic heterocycles. The van der Waals surface area contributed by atoms with Gasteiger partial charge in [-0.25, -0.2) is 4.79 Å². The van der Waals surface area contributed by atoms with Gasteiger partial charge < -0.3 is 43.4 Å². The smallest absolute Gasteiger partial charge is 0.326 e. The molecule has 36 heavy (non-hydrogen) atoms. The monoisotopic (exact) mass is 525 g/mol. The molecule has 14 heteroatoms. The van der Waals surface area contributed by atoms with Crippen LogP contribution in [-0.2, 0) is 25.6 Å². The van der Waals surface area contributed by atoms with Gasteiger partial charge in [0.05, 0.1) is 6.54 Å². The number of carbonyl (C=O) groups excluding carboxylic acids is 3. The lowest BCUT2D eigenvalue weighted by Crippen LogP contribution is -2.57. The molecule has 0 bridgehead atoms. The van der Waals surface area contributed by atoms with Crippen molar-refractivity contribution in [2.45, 2.75) is 43.8 Å². The SMILES string of the molecule is CSCCC(NC(=O)CN)C(=O)NC(Cc1ccc(O)cc1)C(=O)NC(CCCN=C(N)N)C(=O)O. The first-order chi connectivity index (χ1) is 17.1. The first-order valence-electron chi connectivity index (χ1n) is 11.2. The van der Waals surface area contributed by atoms with E-state index >= 15 is 0 Å². The normalized spacial score (nSPS) is 13.1. The number of benzene rings is 1. The van der Waals surface area contributed by atoms with E-state index in [4.69, 9.17) is 17.2 Å². The van der Waals surface area contributed by atoms with Crippen molar-refractivity contribution in [3.05, 3.63) is 29.8 Å². The topological polar surface area (TPSA) is 235 Å². The Balaban J connectivity index is 3.05. The number of carboxylic acid groups (broad SMARTS) is 1. The molecule has 0 aliphatic heterocycles. The molecule has 0 aliphatic rings. The molecule has 1 rings (SSSR count). The minimum absolute atomic E-state index is 0.0122. The van der Waals surface area contributed by atoms with Crippen LogP contribution in [0.4, 0.5) is 0 Å². The molecule has 0 heterocycles. The third kappa shape index (κ3) is 11.8. The van der Waals surface area contributed by atoms with Crippen LogP contribution in [-0.4, -0.2) is 83.1 Å². The zero-order valence-corrected chi connectivity index (χ0v) is 20.9. The molecule has 0 spiro atoms. The molecule has 1 aromatic carbocycles. The van der Waals surface area contributed by atoms with Gasteiger partial charge in [-0.3, -0.25) is 19.4 Å². The summed E-state index contributed by atoms with van der Waals surface area (Å²) in [5.41, 5.74) is 16.5. The highest BCUT2D eigenvalue weighted by molar-refractivity contribution is 7.98. The summed E-state index contributed by atoms with van der Waals surface area (Å²) in [6, 6.07) is 2.68. The van der Waals surface area contributed by atoms with E-state index in [1.54, 1.807) is 12.1 Å². The van der Waals surface area contributed by atoms with Gasteiger partial charge in [0.25, 0.3) is 0 Å². The van der Waals surface area contributed by atoms with Crippen LogP contribution in [0, 0.1) is 0 Å². The maximum Gasteiger partial charge on any atom is 0.326 e. The molecule has 200 valence electrons. The van der Waals surface area contributed by atoms with Crippen LogP contribution in [0.2, 0.25) is 0 Å². The van der Waals surface area contributed by atoms with Crippen molar-refractivity contribution in [2.75, 3.05) is 25.1 Å². The van der Waals surface area contributed by atoms with Crippen molar-refractivity contribution < 1.29 is 29.4 Å². The average Bonchev–Trinajstić information content (AvgIpc) is 2.83. The Morgan fingerprint density at radius 1 is 0.972 bits per heavy atom. The van der Waals surface area contributed by atoms with Gasteiger partial charge in [0.2, 0.25) is 17.7 Å². The van der Waals surface area contributed by atoms with Crippen LogP contribution >= 0.6 is 11.8 Å². The number of amides is 3. The van der Waals surface area contributed by atoms with Crippen molar-refractivity contribution in [2.24, 2.45) is 22.2 Å². The van der Waals surface area contributed by atoms with Gasteiger partial charge in [-0.1, -0.05) is 12.1 Å². The molecule has 3 atom stereocenters. The summed E-state index contributed by atoms with van der Waals surface area (Å²) in [6.07, 6.45) is 2.51. The van der Waals surface area contributed by atoms with Crippen molar-refractivity contribution in [3.63, 3.8) is 0 Å². The fourth-order valence-electron chi connectivity index (χ4n) is 3.14. The van der Waals surface area contributed by atoms with Gasteiger partial charge in [-0.05, 0) is 49.0 Å². The summed E-state index contributed by atoms with van der Waals surface area (Å²) in [5.74, 6) is -2.64. The van der Waals surface area contributed by atoms with Gasteiger partial charge >= 0.3 is 5.97 Å². The zero-order valence-electron chi connectivity index (χ0n) is 20.1. The maximum absolute atomic E-state index is 13.1. The number of nitrogens with zero attached hydrogens (tertiary/aromatic N) is 1. The van der Waals surface area contributed by atoms with E-state index in [9.17, 15) is 29.4 Å². The lowest BCUT2D eigenvalue weighted by Gasteiger charge is -2.24. The predicted octanol–water partition coefficient (Wildman–Crippen LogP) is -1.76. The standard InChI is InChI=1S/C22H35N7O6S/c1-36-10-8-15(27-18(31)12-23)19(32)29-17(11-13-4-6-14(30)7-5-13)20(33)28-16(21(34)35)3-2-9-26-22(24)25/h4-7,15-17,30H,2-3,8-12,23H2,1H3,(H,27,31)(H,28,33)(H,29,32)(H,34,35)(H4,24,25,26). The quantitative estimate of drug-likeness (QED) is 0.0687. The molecule has 0 fully saturated rings. The lowest BCUT2D eigenvalue weighted by molar-refractivity contribution is -0.142. The van der Waals surface area contributed by atoms with Crippen LogP contribution in [0.25, 0.3) is 0 Å². The van der Waals surface area contributed by atoms with Gasteiger partial charge in [0.1, 0.15) is 23.9 Å². The second kappa shape index (κ2) is 16.2. The van der Waals surface area contributed by atoms with Gasteiger partial charge in [-0.15, -0.1) is 0 Å². The number of phenols is 1. The van der Waals surface area contributed by atoms with E-state index in [1.165, 1.54) is 23.9 Å². The third-order valence-electron chi connectivity index (χ3n) is 5.02. The highest BCUT2D eigenvalue weighted by atomic mass is 32.2. The van der Waals surface area contributed by atoms with Crippen LogP contribution < -0.4 is 33.2 Å². The summed E-state index contributed by atoms with van der Waals surface area (Å²) in [6.45, 7) is -0.117. The number of nitrogens with two attached hydrogens (primary N) is 3. The van der Waals surface area contributed by atoms with E-state index < -0.39 is 41.8 Å². The van der Waals surface area contributed by atoms with Gasteiger partial charge in [0, 0.05) is 13.0 Å². The lowest BCUT2D eigenvalue weighted by atomic mass is 10.0. The predicted molar refractivity (Wildman–Crippen MR) is 137 cm³/mol. The Morgan fingerprint density at radius 2 is 1.58 bits per heavy atom. The molecular formula is C22H35N7O6S. The minimum Gasteiger partial charge on any atom is -0.508 e. The second-order valence-corrected chi connectivity index (χ2v) is 8.87. The summed E-state index contributed by atoms with van der Waals surface area (Å²) >= 11 is 1.48. The van der Waals surface area contributed by atoms with Crippen LogP contribution in [0.1, 0.15) is 24.8 Å². The highest BCUT2D eigenvalue weighted by Crippen LogP contribution is 2.12. The van der Waals surface area contributed by atoms with Crippen LogP contribution in [0.3, 0.4) is 0 Å². The molecule has 1 aromatic rings. The third-order valence-corrected chi connectivity index (χ3v) is 5.66. The molecular weight excluding hydrogens is 490 g/mol. The van der Waals surface area contributed by atoms with Crippen molar-refractivity contribution >= 4 is 41.4 Å². The highest BCUT2D eigenvalue weighted by Gasteiger charge is 2.29.